The quantitative estimate of drug-likeness (QED) is 0.506. The molecular weight excluding hydrogens is 337 g/mol. The standard InChI is InChI=1S/C16H13Cl2N3O2/c1-10-2-5-13(18)8-14(10)20-15(22)16(23)21-19-9-11-3-6-12(17)7-4-11/h2-9H,1H3,(H,20,22)(H,21,23)/b19-9-. The van der Waals surface area contributed by atoms with Crippen molar-refractivity contribution in [3.63, 3.8) is 0 Å². The molecule has 0 radical (unpaired) electrons. The van der Waals surface area contributed by atoms with Crippen LogP contribution in [0.1, 0.15) is 11.1 Å². The lowest BCUT2D eigenvalue weighted by Gasteiger charge is -2.07. The Hall–Kier alpha value is -2.37. The zero-order valence-corrected chi connectivity index (χ0v) is 13.7. The summed E-state index contributed by atoms with van der Waals surface area (Å²) in [5, 5.41) is 7.26. The first-order chi connectivity index (χ1) is 11.0. The Morgan fingerprint density at radius 3 is 2.35 bits per heavy atom. The number of hydrogen-bond acceptors (Lipinski definition) is 3. The average molecular weight is 350 g/mol. The van der Waals surface area contributed by atoms with Crippen molar-refractivity contribution >= 4 is 46.9 Å². The molecule has 2 amide bonds. The molecule has 5 nitrogen and oxygen atoms in total. The molecule has 118 valence electrons. The fraction of sp³-hybridized carbons (Fsp3) is 0.0625. The highest BCUT2D eigenvalue weighted by atomic mass is 35.5. The van der Waals surface area contributed by atoms with Gasteiger partial charge in [0.05, 0.1) is 6.21 Å². The molecule has 0 saturated heterocycles. The topological polar surface area (TPSA) is 70.6 Å². The van der Waals surface area contributed by atoms with E-state index in [9.17, 15) is 9.59 Å². The van der Waals surface area contributed by atoms with E-state index in [1.807, 2.05) is 0 Å². The van der Waals surface area contributed by atoms with Crippen LogP contribution in [0.4, 0.5) is 5.69 Å². The molecule has 0 bridgehead atoms. The highest BCUT2D eigenvalue weighted by Crippen LogP contribution is 2.19. The van der Waals surface area contributed by atoms with E-state index in [0.717, 1.165) is 11.1 Å². The van der Waals surface area contributed by atoms with Crippen LogP contribution in [0.3, 0.4) is 0 Å². The van der Waals surface area contributed by atoms with Crippen LogP contribution in [0.25, 0.3) is 0 Å². The van der Waals surface area contributed by atoms with Crippen LogP contribution in [0, 0.1) is 6.92 Å². The van der Waals surface area contributed by atoms with Crippen molar-refractivity contribution in [3.8, 4) is 0 Å². The van der Waals surface area contributed by atoms with Gasteiger partial charge in [-0.25, -0.2) is 5.43 Å². The van der Waals surface area contributed by atoms with E-state index in [1.165, 1.54) is 6.21 Å². The number of carbonyl (C=O) groups excluding carboxylic acids is 2. The summed E-state index contributed by atoms with van der Waals surface area (Å²) in [5.74, 6) is -1.71. The predicted molar refractivity (Wildman–Crippen MR) is 92.0 cm³/mol. The van der Waals surface area contributed by atoms with Gasteiger partial charge >= 0.3 is 11.8 Å². The molecule has 2 aromatic rings. The van der Waals surface area contributed by atoms with Gasteiger partial charge in [-0.05, 0) is 42.3 Å². The summed E-state index contributed by atoms with van der Waals surface area (Å²) in [7, 11) is 0. The number of hydrazone groups is 1. The molecule has 0 spiro atoms. The molecule has 0 aliphatic carbocycles. The number of nitrogens with zero attached hydrogens (tertiary/aromatic N) is 1. The minimum Gasteiger partial charge on any atom is -0.317 e. The smallest absolute Gasteiger partial charge is 0.317 e. The Morgan fingerprint density at radius 2 is 1.65 bits per heavy atom. The van der Waals surface area contributed by atoms with Gasteiger partial charge in [-0.2, -0.15) is 5.10 Å². The first-order valence-electron chi connectivity index (χ1n) is 6.62. The fourth-order valence-corrected chi connectivity index (χ4v) is 1.97. The van der Waals surface area contributed by atoms with E-state index in [0.29, 0.717) is 15.7 Å². The number of hydrogen-bond donors (Lipinski definition) is 2. The number of anilines is 1. The minimum absolute atomic E-state index is 0.465. The van der Waals surface area contributed by atoms with Gasteiger partial charge in [-0.1, -0.05) is 41.4 Å². The normalized spacial score (nSPS) is 10.6. The second-order valence-electron chi connectivity index (χ2n) is 4.66. The van der Waals surface area contributed by atoms with Crippen molar-refractivity contribution in [2.45, 2.75) is 6.92 Å². The SMILES string of the molecule is Cc1ccc(Cl)cc1NC(=O)C(=O)N/N=C\c1ccc(Cl)cc1. The molecule has 23 heavy (non-hydrogen) atoms. The summed E-state index contributed by atoms with van der Waals surface area (Å²) in [6.07, 6.45) is 1.41. The molecule has 0 unspecified atom stereocenters. The van der Waals surface area contributed by atoms with Crippen molar-refractivity contribution in [2.75, 3.05) is 5.32 Å². The lowest BCUT2D eigenvalue weighted by Crippen LogP contribution is -2.32. The lowest BCUT2D eigenvalue weighted by molar-refractivity contribution is -0.136. The summed E-state index contributed by atoms with van der Waals surface area (Å²) < 4.78 is 0. The van der Waals surface area contributed by atoms with Gasteiger partial charge in [-0.3, -0.25) is 9.59 Å². The summed E-state index contributed by atoms with van der Waals surface area (Å²) in [6.45, 7) is 1.79. The van der Waals surface area contributed by atoms with Gasteiger partial charge in [-0.15, -0.1) is 0 Å². The second-order valence-corrected chi connectivity index (χ2v) is 5.54. The number of halogens is 2. The molecule has 2 aromatic carbocycles. The Balaban J connectivity index is 1.93. The van der Waals surface area contributed by atoms with Crippen LogP contribution in [0.5, 0.6) is 0 Å². The highest BCUT2D eigenvalue weighted by molar-refractivity contribution is 6.40. The second kappa shape index (κ2) is 7.76. The Kier molecular flexibility index (Phi) is 5.73. The van der Waals surface area contributed by atoms with E-state index in [2.05, 4.69) is 15.8 Å². The minimum atomic E-state index is -0.880. The summed E-state index contributed by atoms with van der Waals surface area (Å²) in [5.41, 5.74) is 4.15. The van der Waals surface area contributed by atoms with Crippen molar-refractivity contribution < 1.29 is 9.59 Å². The highest BCUT2D eigenvalue weighted by Gasteiger charge is 2.14. The van der Waals surface area contributed by atoms with E-state index in [-0.39, 0.29) is 0 Å². The van der Waals surface area contributed by atoms with Crippen molar-refractivity contribution in [1.82, 2.24) is 5.43 Å². The third-order valence-corrected chi connectivity index (χ3v) is 3.39. The van der Waals surface area contributed by atoms with Gasteiger partial charge in [0.15, 0.2) is 0 Å². The van der Waals surface area contributed by atoms with E-state index in [4.69, 9.17) is 23.2 Å². The summed E-state index contributed by atoms with van der Waals surface area (Å²) >= 11 is 11.6. The molecule has 0 aromatic heterocycles. The number of carbonyl (C=O) groups is 2. The number of amides is 2. The van der Waals surface area contributed by atoms with Crippen LogP contribution >= 0.6 is 23.2 Å². The van der Waals surface area contributed by atoms with Gasteiger partial charge in [0, 0.05) is 15.7 Å². The summed E-state index contributed by atoms with van der Waals surface area (Å²) in [6, 6.07) is 11.9. The number of nitrogens with one attached hydrogen (secondary N) is 2. The molecule has 7 heteroatoms. The lowest BCUT2D eigenvalue weighted by atomic mass is 10.2. The third kappa shape index (κ3) is 5.09. The molecule has 0 atom stereocenters. The third-order valence-electron chi connectivity index (χ3n) is 2.90. The number of rotatable bonds is 3. The van der Waals surface area contributed by atoms with Gasteiger partial charge in [0.2, 0.25) is 0 Å². The number of benzene rings is 2. The van der Waals surface area contributed by atoms with Crippen LogP contribution in [-0.2, 0) is 9.59 Å². The fourth-order valence-electron chi connectivity index (χ4n) is 1.67. The molecule has 2 rings (SSSR count). The Bertz CT molecular complexity index is 758. The molecule has 0 heterocycles. The van der Waals surface area contributed by atoms with Crippen molar-refractivity contribution in [2.24, 2.45) is 5.10 Å². The maximum atomic E-state index is 11.8. The largest absolute Gasteiger partial charge is 0.329 e. The van der Waals surface area contributed by atoms with Crippen LogP contribution in [0.2, 0.25) is 10.0 Å². The Morgan fingerprint density at radius 1 is 1.00 bits per heavy atom. The molecule has 0 saturated carbocycles. The zero-order chi connectivity index (χ0) is 16.8. The maximum absolute atomic E-state index is 11.8. The van der Waals surface area contributed by atoms with Gasteiger partial charge < -0.3 is 5.32 Å². The van der Waals surface area contributed by atoms with Gasteiger partial charge in [0.25, 0.3) is 0 Å². The van der Waals surface area contributed by atoms with Crippen LogP contribution in [0.15, 0.2) is 47.6 Å². The van der Waals surface area contributed by atoms with Crippen molar-refractivity contribution in [1.29, 1.82) is 0 Å². The first kappa shape index (κ1) is 17.0. The summed E-state index contributed by atoms with van der Waals surface area (Å²) in [4.78, 5) is 23.5. The molecular formula is C16H13Cl2N3O2. The molecule has 0 fully saturated rings. The molecule has 0 aliphatic rings. The van der Waals surface area contributed by atoms with E-state index in [1.54, 1.807) is 49.4 Å². The van der Waals surface area contributed by atoms with Crippen LogP contribution in [-0.4, -0.2) is 18.0 Å². The first-order valence-corrected chi connectivity index (χ1v) is 7.37. The molecule has 0 aliphatic heterocycles. The zero-order valence-electron chi connectivity index (χ0n) is 12.1. The maximum Gasteiger partial charge on any atom is 0.329 e. The monoisotopic (exact) mass is 349 g/mol. The molecule has 2 N–H and O–H groups in total. The van der Waals surface area contributed by atoms with Crippen LogP contribution < -0.4 is 10.7 Å². The average Bonchev–Trinajstić information content (AvgIpc) is 2.52. The predicted octanol–water partition coefficient (Wildman–Crippen LogP) is 3.39. The van der Waals surface area contributed by atoms with E-state index >= 15 is 0 Å². The number of aryl methyl sites for hydroxylation is 1. The van der Waals surface area contributed by atoms with Crippen molar-refractivity contribution in [3.05, 3.63) is 63.6 Å². The van der Waals surface area contributed by atoms with E-state index < -0.39 is 11.8 Å². The van der Waals surface area contributed by atoms with Gasteiger partial charge in [0.1, 0.15) is 0 Å². The Labute approximate surface area is 143 Å².